The van der Waals surface area contributed by atoms with Crippen LogP contribution in [-0.4, -0.2) is 47.6 Å². The molecule has 0 aliphatic carbocycles. The average Bonchev–Trinajstić information content (AvgIpc) is 1.86. The summed E-state index contributed by atoms with van der Waals surface area (Å²) in [5.74, 6) is -0.194. The predicted octanol–water partition coefficient (Wildman–Crippen LogP) is -0.00960. The zero-order valence-corrected chi connectivity index (χ0v) is 6.25. The molecule has 4 nitrogen and oxygen atoms in total. The van der Waals surface area contributed by atoms with Crippen molar-refractivity contribution in [3.8, 4) is 5.75 Å². The Labute approximate surface area is 92.3 Å². The average molecular weight is 198 g/mol. The van der Waals surface area contributed by atoms with Gasteiger partial charge in [-0.2, -0.15) is 8.42 Å². The number of aromatic hydroxyl groups is 1. The van der Waals surface area contributed by atoms with Gasteiger partial charge in [-0.3, -0.25) is 4.55 Å². The summed E-state index contributed by atoms with van der Waals surface area (Å²) >= 11 is 0. The van der Waals surface area contributed by atoms with Crippen LogP contribution in [0.25, 0.3) is 0 Å². The van der Waals surface area contributed by atoms with E-state index in [4.69, 9.17) is 9.66 Å². The number of hydrogen-bond acceptors (Lipinski definition) is 3. The van der Waals surface area contributed by atoms with Gasteiger partial charge in [0.1, 0.15) is 5.75 Å². The summed E-state index contributed by atoms with van der Waals surface area (Å²) in [6.07, 6.45) is 0. The summed E-state index contributed by atoms with van der Waals surface area (Å²) in [7, 11) is -4.19. The Balaban J connectivity index is 0.00000121. The van der Waals surface area contributed by atoms with Crippen molar-refractivity contribution in [3.05, 3.63) is 24.3 Å². The third-order valence-electron chi connectivity index (χ3n) is 1.12. The Morgan fingerprint density at radius 1 is 1.25 bits per heavy atom. The summed E-state index contributed by atoms with van der Waals surface area (Å²) in [6.45, 7) is 0. The molecule has 2 N–H and O–H groups in total. The second-order valence-electron chi connectivity index (χ2n) is 1.97. The molecular formula is C6H7NaO4S. The van der Waals surface area contributed by atoms with E-state index in [1.807, 2.05) is 0 Å². The minimum absolute atomic E-state index is 0. The van der Waals surface area contributed by atoms with Crippen molar-refractivity contribution in [2.45, 2.75) is 4.90 Å². The summed E-state index contributed by atoms with van der Waals surface area (Å²) in [4.78, 5) is -0.308. The van der Waals surface area contributed by atoms with Crippen LogP contribution in [-0.2, 0) is 10.1 Å². The molecule has 0 spiro atoms. The molecule has 62 valence electrons. The van der Waals surface area contributed by atoms with Crippen molar-refractivity contribution in [2.24, 2.45) is 0 Å². The summed E-state index contributed by atoms with van der Waals surface area (Å²) in [5, 5.41) is 8.80. The molecule has 0 atom stereocenters. The fourth-order valence-electron chi connectivity index (χ4n) is 0.644. The number of benzene rings is 1. The van der Waals surface area contributed by atoms with Crippen molar-refractivity contribution in [3.63, 3.8) is 0 Å². The van der Waals surface area contributed by atoms with Gasteiger partial charge in [0.2, 0.25) is 0 Å². The first-order valence-electron chi connectivity index (χ1n) is 2.77. The van der Waals surface area contributed by atoms with Gasteiger partial charge in [-0.05, 0) is 12.1 Å². The standard InChI is InChI=1S/C6H6O4S.Na.H/c7-5-2-1-3-6(4-5)11(8,9)10;;/h1-4,7H,(H,8,9,10);;. The van der Waals surface area contributed by atoms with Gasteiger partial charge in [0.25, 0.3) is 10.1 Å². The maximum atomic E-state index is 10.4. The summed E-state index contributed by atoms with van der Waals surface area (Å²) in [5.41, 5.74) is 0. The number of hydrogen-bond donors (Lipinski definition) is 2. The normalized spacial score (nSPS) is 10.4. The molecule has 0 aliphatic rings. The van der Waals surface area contributed by atoms with Gasteiger partial charge in [-0.25, -0.2) is 0 Å². The van der Waals surface area contributed by atoms with Crippen LogP contribution >= 0.6 is 0 Å². The third-order valence-corrected chi connectivity index (χ3v) is 1.97. The Morgan fingerprint density at radius 3 is 2.17 bits per heavy atom. The molecule has 1 aromatic rings. The third kappa shape index (κ3) is 3.12. The van der Waals surface area contributed by atoms with Gasteiger partial charge in [-0.15, -0.1) is 0 Å². The van der Waals surface area contributed by atoms with E-state index in [-0.39, 0.29) is 40.2 Å². The van der Waals surface area contributed by atoms with Gasteiger partial charge in [0.15, 0.2) is 0 Å². The van der Waals surface area contributed by atoms with Crippen LogP contribution in [0.2, 0.25) is 0 Å². The number of phenols is 1. The monoisotopic (exact) mass is 198 g/mol. The first kappa shape index (κ1) is 11.9. The minimum atomic E-state index is -4.19. The van der Waals surface area contributed by atoms with Crippen molar-refractivity contribution >= 4 is 39.7 Å². The molecule has 1 rings (SSSR count). The van der Waals surface area contributed by atoms with Gasteiger partial charge in [0.05, 0.1) is 4.90 Å². The van der Waals surface area contributed by atoms with E-state index < -0.39 is 10.1 Å². The van der Waals surface area contributed by atoms with E-state index in [1.54, 1.807) is 0 Å². The van der Waals surface area contributed by atoms with E-state index in [0.717, 1.165) is 6.07 Å². The predicted molar refractivity (Wildman–Crippen MR) is 45.1 cm³/mol. The van der Waals surface area contributed by atoms with E-state index in [0.29, 0.717) is 0 Å². The number of rotatable bonds is 1. The van der Waals surface area contributed by atoms with Gasteiger partial charge < -0.3 is 5.11 Å². The Bertz CT molecular complexity index is 360. The fraction of sp³-hybridized carbons (Fsp3) is 0. The van der Waals surface area contributed by atoms with Crippen LogP contribution in [0.15, 0.2) is 29.2 Å². The zero-order valence-electron chi connectivity index (χ0n) is 5.43. The van der Waals surface area contributed by atoms with Crippen LogP contribution in [0.3, 0.4) is 0 Å². The Morgan fingerprint density at radius 2 is 1.83 bits per heavy atom. The van der Waals surface area contributed by atoms with Crippen molar-refractivity contribution in [2.75, 3.05) is 0 Å². The molecule has 0 bridgehead atoms. The van der Waals surface area contributed by atoms with E-state index in [2.05, 4.69) is 0 Å². The molecule has 0 radical (unpaired) electrons. The first-order chi connectivity index (χ1) is 5.00. The molecule has 0 fully saturated rings. The van der Waals surface area contributed by atoms with Crippen molar-refractivity contribution in [1.82, 2.24) is 0 Å². The van der Waals surface area contributed by atoms with Crippen LogP contribution in [0.4, 0.5) is 0 Å². The molecule has 0 unspecified atom stereocenters. The molecule has 0 aromatic heterocycles. The topological polar surface area (TPSA) is 74.6 Å². The van der Waals surface area contributed by atoms with Crippen molar-refractivity contribution < 1.29 is 18.1 Å². The van der Waals surface area contributed by atoms with Gasteiger partial charge in [-0.1, -0.05) is 6.07 Å². The second kappa shape index (κ2) is 4.25. The van der Waals surface area contributed by atoms with E-state index >= 15 is 0 Å². The quantitative estimate of drug-likeness (QED) is 0.491. The van der Waals surface area contributed by atoms with Crippen LogP contribution in [0, 0.1) is 0 Å². The molecule has 0 saturated heterocycles. The fourth-order valence-corrected chi connectivity index (χ4v) is 1.16. The molecule has 0 aliphatic heterocycles. The Hall–Kier alpha value is -0.0700. The molecule has 0 amide bonds. The SMILES string of the molecule is O=S(=O)(O)c1cccc(O)c1.[NaH]. The van der Waals surface area contributed by atoms with E-state index in [9.17, 15) is 8.42 Å². The molecule has 0 saturated carbocycles. The molecular weight excluding hydrogens is 191 g/mol. The molecule has 0 heterocycles. The zero-order chi connectivity index (χ0) is 8.48. The van der Waals surface area contributed by atoms with E-state index in [1.165, 1.54) is 18.2 Å². The Kier molecular flexibility index (Phi) is 4.22. The van der Waals surface area contributed by atoms with Crippen molar-refractivity contribution in [1.29, 1.82) is 0 Å². The summed E-state index contributed by atoms with van der Waals surface area (Å²) < 4.78 is 29.3. The molecule has 1 aromatic carbocycles. The van der Waals surface area contributed by atoms with Crippen LogP contribution < -0.4 is 0 Å². The van der Waals surface area contributed by atoms with Crippen LogP contribution in [0.5, 0.6) is 5.75 Å². The summed E-state index contributed by atoms with van der Waals surface area (Å²) in [6, 6.07) is 4.80. The van der Waals surface area contributed by atoms with Gasteiger partial charge >= 0.3 is 29.6 Å². The van der Waals surface area contributed by atoms with Gasteiger partial charge in [0, 0.05) is 6.07 Å². The number of phenolic OH excluding ortho intramolecular Hbond substituents is 1. The first-order valence-corrected chi connectivity index (χ1v) is 4.21. The molecule has 12 heavy (non-hydrogen) atoms. The second-order valence-corrected chi connectivity index (χ2v) is 3.39. The molecule has 6 heteroatoms. The maximum absolute atomic E-state index is 10.4. The van der Waals surface area contributed by atoms with Crippen LogP contribution in [0.1, 0.15) is 0 Å².